The molecule has 1 unspecified atom stereocenters. The van der Waals surface area contributed by atoms with Crippen molar-refractivity contribution in [1.29, 1.82) is 0 Å². The number of methoxy groups -OCH3 is 1. The number of nitrogens with one attached hydrogen (secondary N) is 1. The van der Waals surface area contributed by atoms with Gasteiger partial charge in [0.15, 0.2) is 0 Å². The smallest absolute Gasteiger partial charge is 0.270 e. The lowest BCUT2D eigenvalue weighted by Crippen LogP contribution is -2.16. The predicted octanol–water partition coefficient (Wildman–Crippen LogP) is 1.48. The van der Waals surface area contributed by atoms with E-state index >= 15 is 0 Å². The Morgan fingerprint density at radius 3 is 3.00 bits per heavy atom. The summed E-state index contributed by atoms with van der Waals surface area (Å²) in [7, 11) is 1.54. The van der Waals surface area contributed by atoms with Crippen LogP contribution in [0.4, 0.5) is 5.69 Å². The van der Waals surface area contributed by atoms with Gasteiger partial charge in [0.2, 0.25) is 0 Å². The molecule has 1 heterocycles. The van der Waals surface area contributed by atoms with Crippen LogP contribution in [-0.2, 0) is 11.3 Å². The van der Waals surface area contributed by atoms with Gasteiger partial charge in [0.05, 0.1) is 24.7 Å². The first-order valence-electron chi connectivity index (χ1n) is 5.84. The van der Waals surface area contributed by atoms with Crippen molar-refractivity contribution in [2.24, 2.45) is 0 Å². The van der Waals surface area contributed by atoms with E-state index in [0.717, 1.165) is 19.5 Å². The lowest BCUT2D eigenvalue weighted by molar-refractivity contribution is -0.385. The third-order valence-corrected chi connectivity index (χ3v) is 2.96. The number of non-ortho nitro benzene ring substituents is 1. The van der Waals surface area contributed by atoms with Crippen LogP contribution in [0.1, 0.15) is 12.0 Å². The van der Waals surface area contributed by atoms with Gasteiger partial charge in [-0.2, -0.15) is 0 Å². The summed E-state index contributed by atoms with van der Waals surface area (Å²) in [5, 5.41) is 13.9. The van der Waals surface area contributed by atoms with Crippen molar-refractivity contribution in [2.75, 3.05) is 20.2 Å². The molecule has 1 aromatic carbocycles. The van der Waals surface area contributed by atoms with Crippen LogP contribution in [0.25, 0.3) is 0 Å². The molecule has 1 atom stereocenters. The molecule has 1 aliphatic heterocycles. The van der Waals surface area contributed by atoms with Gasteiger partial charge in [0, 0.05) is 24.2 Å². The van der Waals surface area contributed by atoms with Crippen LogP contribution < -0.4 is 10.1 Å². The maximum atomic E-state index is 10.7. The molecular formula is C12H16N2O4. The quantitative estimate of drug-likeness (QED) is 0.634. The Hall–Kier alpha value is -1.66. The van der Waals surface area contributed by atoms with Crippen molar-refractivity contribution in [3.05, 3.63) is 33.9 Å². The van der Waals surface area contributed by atoms with Gasteiger partial charge in [0.1, 0.15) is 5.75 Å². The van der Waals surface area contributed by atoms with E-state index in [9.17, 15) is 10.1 Å². The number of rotatable bonds is 5. The molecule has 0 spiro atoms. The summed E-state index contributed by atoms with van der Waals surface area (Å²) in [6.07, 6.45) is 1.14. The van der Waals surface area contributed by atoms with Gasteiger partial charge in [-0.05, 0) is 19.0 Å². The van der Waals surface area contributed by atoms with Gasteiger partial charge >= 0.3 is 0 Å². The van der Waals surface area contributed by atoms with Gasteiger partial charge in [-0.3, -0.25) is 10.1 Å². The molecule has 0 aliphatic carbocycles. The topological polar surface area (TPSA) is 73.6 Å². The Morgan fingerprint density at radius 1 is 1.56 bits per heavy atom. The van der Waals surface area contributed by atoms with Crippen molar-refractivity contribution in [3.63, 3.8) is 0 Å². The number of nitrogens with zero attached hydrogens (tertiary/aromatic N) is 1. The van der Waals surface area contributed by atoms with Crippen molar-refractivity contribution in [2.45, 2.75) is 19.1 Å². The Bertz CT molecular complexity index is 430. The first-order chi connectivity index (χ1) is 8.70. The van der Waals surface area contributed by atoms with Gasteiger partial charge in [-0.15, -0.1) is 0 Å². The molecule has 6 heteroatoms. The van der Waals surface area contributed by atoms with E-state index in [1.807, 2.05) is 0 Å². The molecule has 0 amide bonds. The van der Waals surface area contributed by atoms with E-state index in [1.54, 1.807) is 13.2 Å². The third kappa shape index (κ3) is 2.96. The van der Waals surface area contributed by atoms with Crippen molar-refractivity contribution in [1.82, 2.24) is 5.32 Å². The van der Waals surface area contributed by atoms with E-state index in [4.69, 9.17) is 9.47 Å². The summed E-state index contributed by atoms with van der Waals surface area (Å²) in [5.41, 5.74) is 0.762. The lowest BCUT2D eigenvalue weighted by Gasteiger charge is -2.12. The van der Waals surface area contributed by atoms with Crippen LogP contribution in [0.5, 0.6) is 5.75 Å². The highest BCUT2D eigenvalue weighted by atomic mass is 16.6. The first kappa shape index (κ1) is 12.8. The molecule has 0 aromatic heterocycles. The molecule has 2 rings (SSSR count). The summed E-state index contributed by atoms with van der Waals surface area (Å²) < 4.78 is 10.9. The van der Waals surface area contributed by atoms with Crippen LogP contribution in [0.15, 0.2) is 18.2 Å². The maximum Gasteiger partial charge on any atom is 0.270 e. The van der Waals surface area contributed by atoms with Gasteiger partial charge < -0.3 is 14.8 Å². The number of nitro groups is 1. The average molecular weight is 252 g/mol. The molecular weight excluding hydrogens is 236 g/mol. The fraction of sp³-hybridized carbons (Fsp3) is 0.500. The Kier molecular flexibility index (Phi) is 4.11. The summed E-state index contributed by atoms with van der Waals surface area (Å²) >= 11 is 0. The van der Waals surface area contributed by atoms with Crippen molar-refractivity contribution >= 4 is 5.69 Å². The third-order valence-electron chi connectivity index (χ3n) is 2.96. The van der Waals surface area contributed by atoms with Gasteiger partial charge in [-0.1, -0.05) is 0 Å². The van der Waals surface area contributed by atoms with Crippen LogP contribution >= 0.6 is 0 Å². The second kappa shape index (κ2) is 5.79. The van der Waals surface area contributed by atoms with E-state index in [0.29, 0.717) is 17.9 Å². The minimum atomic E-state index is -0.417. The van der Waals surface area contributed by atoms with Gasteiger partial charge in [0.25, 0.3) is 5.69 Å². The van der Waals surface area contributed by atoms with Crippen molar-refractivity contribution in [3.8, 4) is 5.75 Å². The second-order valence-electron chi connectivity index (χ2n) is 4.18. The zero-order valence-electron chi connectivity index (χ0n) is 10.2. The minimum Gasteiger partial charge on any atom is -0.496 e. The highest BCUT2D eigenvalue weighted by molar-refractivity contribution is 5.43. The molecule has 18 heavy (non-hydrogen) atoms. The fourth-order valence-electron chi connectivity index (χ4n) is 1.97. The average Bonchev–Trinajstić information content (AvgIpc) is 2.89. The molecule has 6 nitrogen and oxygen atoms in total. The number of hydrogen-bond acceptors (Lipinski definition) is 5. The van der Waals surface area contributed by atoms with Crippen LogP contribution in [0, 0.1) is 10.1 Å². The fourth-order valence-corrected chi connectivity index (χ4v) is 1.97. The van der Waals surface area contributed by atoms with E-state index in [1.165, 1.54) is 12.1 Å². The number of nitro benzene ring substituents is 1. The van der Waals surface area contributed by atoms with Crippen LogP contribution in [0.3, 0.4) is 0 Å². The number of ether oxygens (including phenoxy) is 2. The minimum absolute atomic E-state index is 0.0546. The molecule has 1 fully saturated rings. The molecule has 0 bridgehead atoms. The summed E-state index contributed by atoms with van der Waals surface area (Å²) in [6, 6.07) is 4.53. The van der Waals surface area contributed by atoms with E-state index in [-0.39, 0.29) is 11.8 Å². The SMILES string of the molecule is COc1ccc([N+](=O)[O-])cc1COC1CCNC1. The molecule has 1 N–H and O–H groups in total. The Balaban J connectivity index is 2.08. The molecule has 0 saturated carbocycles. The molecule has 1 aliphatic rings. The zero-order chi connectivity index (χ0) is 13.0. The molecule has 98 valence electrons. The van der Waals surface area contributed by atoms with Gasteiger partial charge in [-0.25, -0.2) is 0 Å². The Morgan fingerprint density at radius 2 is 2.39 bits per heavy atom. The molecule has 0 radical (unpaired) electrons. The summed E-state index contributed by atoms with van der Waals surface area (Å²) in [5.74, 6) is 0.617. The van der Waals surface area contributed by atoms with Crippen molar-refractivity contribution < 1.29 is 14.4 Å². The highest BCUT2D eigenvalue weighted by Gasteiger charge is 2.17. The normalized spacial score (nSPS) is 18.8. The Labute approximate surface area is 105 Å². The largest absolute Gasteiger partial charge is 0.496 e. The standard InChI is InChI=1S/C12H16N2O4/c1-17-12-3-2-10(14(15)16)6-9(12)8-18-11-4-5-13-7-11/h2-3,6,11,13H,4-5,7-8H2,1H3. The predicted molar refractivity (Wildman–Crippen MR) is 65.7 cm³/mol. The number of benzene rings is 1. The maximum absolute atomic E-state index is 10.7. The van der Waals surface area contributed by atoms with E-state index < -0.39 is 4.92 Å². The van der Waals surface area contributed by atoms with E-state index in [2.05, 4.69) is 5.32 Å². The summed E-state index contributed by atoms with van der Waals surface area (Å²) in [4.78, 5) is 10.3. The first-order valence-corrected chi connectivity index (χ1v) is 5.84. The lowest BCUT2D eigenvalue weighted by atomic mass is 10.2. The monoisotopic (exact) mass is 252 g/mol. The summed E-state index contributed by atoms with van der Waals surface area (Å²) in [6.45, 7) is 2.12. The highest BCUT2D eigenvalue weighted by Crippen LogP contribution is 2.25. The molecule has 1 saturated heterocycles. The zero-order valence-corrected chi connectivity index (χ0v) is 10.2. The second-order valence-corrected chi connectivity index (χ2v) is 4.18. The van der Waals surface area contributed by atoms with Crippen LogP contribution in [0.2, 0.25) is 0 Å². The van der Waals surface area contributed by atoms with Crippen LogP contribution in [-0.4, -0.2) is 31.2 Å². The molecule has 1 aromatic rings. The number of hydrogen-bond donors (Lipinski definition) is 1.